The number of nitrogens with zero attached hydrogens (tertiary/aromatic N) is 1. The first-order valence-corrected chi connectivity index (χ1v) is 13.0. The summed E-state index contributed by atoms with van der Waals surface area (Å²) in [5.74, 6) is -0.227. The molecule has 9 heteroatoms. The van der Waals surface area contributed by atoms with E-state index >= 15 is 0 Å². The van der Waals surface area contributed by atoms with Gasteiger partial charge in [-0.15, -0.1) is 6.58 Å². The van der Waals surface area contributed by atoms with Crippen molar-refractivity contribution in [3.05, 3.63) is 12.7 Å². The summed E-state index contributed by atoms with van der Waals surface area (Å²) >= 11 is 0. The Hall–Kier alpha value is -1.97. The van der Waals surface area contributed by atoms with Crippen LogP contribution < -0.4 is 5.32 Å². The number of Topliss-reactive ketones (excluding diaryl/α,β-unsaturated/α-hetero) is 1. The Morgan fingerprint density at radius 2 is 1.92 bits per heavy atom. The maximum atomic E-state index is 13.4. The minimum absolute atomic E-state index is 0.0834. The SMILES string of the molecule is C=C[C@]1(C)C[C@@H](OC(=O)NC(=O)OCC(O)CN(C)C)[C@@]2(C)C(C)CC[C@]3(CCC(=O)[C@H]32)[C@@H](C)[C@@H]1O. The number of hydrogen-bond acceptors (Lipinski definition) is 8. The molecule has 36 heavy (non-hydrogen) atoms. The monoisotopic (exact) mass is 508 g/mol. The van der Waals surface area contributed by atoms with E-state index in [9.17, 15) is 24.6 Å². The highest BCUT2D eigenvalue weighted by molar-refractivity contribution is 5.88. The van der Waals surface area contributed by atoms with Crippen LogP contribution in [0.5, 0.6) is 0 Å². The molecule has 0 aromatic carbocycles. The van der Waals surface area contributed by atoms with Crippen LogP contribution in [0.25, 0.3) is 0 Å². The summed E-state index contributed by atoms with van der Waals surface area (Å²) in [6.07, 6.45) is 0.464. The maximum Gasteiger partial charge on any atom is 0.416 e. The van der Waals surface area contributed by atoms with Gasteiger partial charge in [0.25, 0.3) is 0 Å². The summed E-state index contributed by atoms with van der Waals surface area (Å²) in [7, 11) is 3.56. The van der Waals surface area contributed by atoms with Gasteiger partial charge in [0, 0.05) is 29.7 Å². The molecule has 0 spiro atoms. The van der Waals surface area contributed by atoms with E-state index < -0.39 is 41.3 Å². The summed E-state index contributed by atoms with van der Waals surface area (Å²) in [5, 5.41) is 23.5. The fourth-order valence-electron chi connectivity index (χ4n) is 7.43. The number of rotatable bonds is 6. The van der Waals surface area contributed by atoms with Crippen LogP contribution in [0.4, 0.5) is 9.59 Å². The number of amides is 2. The second-order valence-electron chi connectivity index (χ2n) is 12.1. The number of aliphatic hydroxyl groups is 2. The molecule has 3 saturated carbocycles. The van der Waals surface area contributed by atoms with Crippen LogP contribution in [0.15, 0.2) is 12.7 Å². The van der Waals surface area contributed by atoms with Gasteiger partial charge >= 0.3 is 12.2 Å². The van der Waals surface area contributed by atoms with Gasteiger partial charge in [-0.05, 0) is 57.0 Å². The van der Waals surface area contributed by atoms with Gasteiger partial charge in [-0.1, -0.05) is 33.8 Å². The average Bonchev–Trinajstić information content (AvgIpc) is 3.16. The van der Waals surface area contributed by atoms with Crippen LogP contribution in [-0.2, 0) is 14.3 Å². The fraction of sp³-hybridized carbons (Fsp3) is 0.815. The Kier molecular flexibility index (Phi) is 8.28. The van der Waals surface area contributed by atoms with Gasteiger partial charge in [0.05, 0.1) is 6.10 Å². The highest BCUT2D eigenvalue weighted by Gasteiger charge is 2.68. The van der Waals surface area contributed by atoms with Crippen LogP contribution in [0.3, 0.4) is 0 Å². The molecule has 2 bridgehead atoms. The Morgan fingerprint density at radius 1 is 1.25 bits per heavy atom. The summed E-state index contributed by atoms with van der Waals surface area (Å²) in [6, 6.07) is 0. The number of imide groups is 1. The quantitative estimate of drug-likeness (QED) is 0.467. The molecule has 0 aromatic heterocycles. The summed E-state index contributed by atoms with van der Waals surface area (Å²) < 4.78 is 10.9. The van der Waals surface area contributed by atoms with Crippen molar-refractivity contribution in [2.24, 2.45) is 34.0 Å². The Morgan fingerprint density at radius 3 is 2.53 bits per heavy atom. The molecular weight excluding hydrogens is 464 g/mol. The van der Waals surface area contributed by atoms with E-state index in [1.165, 1.54) is 0 Å². The number of ether oxygens (including phenoxy) is 2. The Labute approximate surface area is 214 Å². The topological polar surface area (TPSA) is 125 Å². The molecule has 3 aliphatic rings. The van der Waals surface area contributed by atoms with Crippen LogP contribution in [-0.4, -0.2) is 78.6 Å². The summed E-state index contributed by atoms with van der Waals surface area (Å²) in [4.78, 5) is 40.2. The normalized spacial score (nSPS) is 41.0. The van der Waals surface area contributed by atoms with Gasteiger partial charge in [0.15, 0.2) is 0 Å². The molecule has 0 aromatic rings. The second-order valence-corrected chi connectivity index (χ2v) is 12.1. The number of carbonyl (C=O) groups is 3. The van der Waals surface area contributed by atoms with Gasteiger partial charge in [-0.2, -0.15) is 0 Å². The van der Waals surface area contributed by atoms with Crippen LogP contribution in [0.1, 0.15) is 59.8 Å². The van der Waals surface area contributed by atoms with E-state index in [-0.39, 0.29) is 42.0 Å². The number of alkyl carbamates (subject to hydrolysis) is 2. The van der Waals surface area contributed by atoms with E-state index in [0.717, 1.165) is 12.8 Å². The molecule has 0 saturated heterocycles. The van der Waals surface area contributed by atoms with Gasteiger partial charge in [-0.25, -0.2) is 14.9 Å². The minimum atomic E-state index is -1.02. The zero-order valence-electron chi connectivity index (χ0n) is 22.6. The third-order valence-electron chi connectivity index (χ3n) is 9.74. The molecule has 9 atom stereocenters. The highest BCUT2D eigenvalue weighted by Crippen LogP contribution is 2.67. The lowest BCUT2D eigenvalue weighted by Gasteiger charge is -2.61. The Bertz CT molecular complexity index is 878. The zero-order chi connectivity index (χ0) is 27.1. The van der Waals surface area contributed by atoms with E-state index in [0.29, 0.717) is 19.4 Å². The fourth-order valence-corrected chi connectivity index (χ4v) is 7.43. The van der Waals surface area contributed by atoms with E-state index in [2.05, 4.69) is 18.8 Å². The lowest BCUT2D eigenvalue weighted by atomic mass is 9.44. The van der Waals surface area contributed by atoms with Crippen molar-refractivity contribution < 1.29 is 34.1 Å². The van der Waals surface area contributed by atoms with Crippen molar-refractivity contribution in [2.75, 3.05) is 27.2 Å². The average molecular weight is 509 g/mol. The zero-order valence-corrected chi connectivity index (χ0v) is 22.6. The van der Waals surface area contributed by atoms with Gasteiger partial charge in [0.1, 0.15) is 24.6 Å². The van der Waals surface area contributed by atoms with Crippen molar-refractivity contribution >= 4 is 18.0 Å². The molecule has 2 amide bonds. The number of ketones is 1. The molecule has 3 rings (SSSR count). The second kappa shape index (κ2) is 10.4. The van der Waals surface area contributed by atoms with Crippen molar-refractivity contribution in [2.45, 2.75) is 78.1 Å². The van der Waals surface area contributed by atoms with Gasteiger partial charge in [0.2, 0.25) is 0 Å². The predicted molar refractivity (Wildman–Crippen MR) is 134 cm³/mol. The van der Waals surface area contributed by atoms with Crippen LogP contribution in [0.2, 0.25) is 0 Å². The molecule has 3 N–H and O–H groups in total. The van der Waals surface area contributed by atoms with Gasteiger partial charge in [-0.3, -0.25) is 4.79 Å². The first-order valence-electron chi connectivity index (χ1n) is 13.0. The predicted octanol–water partition coefficient (Wildman–Crippen LogP) is 3.14. The lowest BCUT2D eigenvalue weighted by Crippen LogP contribution is -2.63. The van der Waals surface area contributed by atoms with Crippen molar-refractivity contribution in [1.82, 2.24) is 10.2 Å². The number of carbonyl (C=O) groups excluding carboxylic acids is 3. The molecule has 3 aliphatic carbocycles. The molecule has 2 unspecified atom stereocenters. The van der Waals surface area contributed by atoms with Crippen molar-refractivity contribution in [1.29, 1.82) is 0 Å². The summed E-state index contributed by atoms with van der Waals surface area (Å²) in [5.41, 5.74) is -1.81. The van der Waals surface area contributed by atoms with Crippen molar-refractivity contribution in [3.8, 4) is 0 Å². The number of likely N-dealkylation sites (N-methyl/N-ethyl adjacent to an activating group) is 1. The highest BCUT2D eigenvalue weighted by atomic mass is 16.6. The third kappa shape index (κ3) is 4.94. The van der Waals surface area contributed by atoms with Crippen LogP contribution in [0, 0.1) is 34.0 Å². The molecule has 204 valence electrons. The number of aliphatic hydroxyl groups excluding tert-OH is 2. The van der Waals surface area contributed by atoms with Gasteiger partial charge < -0.3 is 24.6 Å². The molecule has 3 fully saturated rings. The lowest BCUT2D eigenvalue weighted by molar-refractivity contribution is -0.191. The number of nitrogens with one attached hydrogen (secondary N) is 1. The minimum Gasteiger partial charge on any atom is -0.446 e. The van der Waals surface area contributed by atoms with E-state index in [4.69, 9.17) is 9.47 Å². The van der Waals surface area contributed by atoms with E-state index in [1.54, 1.807) is 25.1 Å². The first kappa shape index (κ1) is 28.6. The first-order chi connectivity index (χ1) is 16.7. The molecule has 9 nitrogen and oxygen atoms in total. The van der Waals surface area contributed by atoms with Crippen LogP contribution >= 0.6 is 0 Å². The summed E-state index contributed by atoms with van der Waals surface area (Å²) in [6.45, 7) is 12.1. The standard InChI is InChI=1S/C27H44N2O7/c1-8-25(4)13-20(36-24(34)28-23(33)35-15-18(30)14-29(6)7)26(5)16(2)9-11-27(17(3)22(25)32)12-10-19(31)21(26)27/h8,16-18,20-22,30,32H,1,9-15H2,2-7H3,(H,28,33,34)/t16?,17-,18?,20+,21-,22-,25+,26+,27-/m0/s1. The maximum absolute atomic E-state index is 13.4. The number of hydrogen-bond donors (Lipinski definition) is 3. The van der Waals surface area contributed by atoms with E-state index in [1.807, 2.05) is 20.8 Å². The van der Waals surface area contributed by atoms with Crippen molar-refractivity contribution in [3.63, 3.8) is 0 Å². The Balaban J connectivity index is 1.87. The largest absolute Gasteiger partial charge is 0.446 e. The molecular formula is C27H44N2O7. The smallest absolute Gasteiger partial charge is 0.416 e. The molecule has 0 heterocycles. The molecule has 0 radical (unpaired) electrons. The molecule has 0 aliphatic heterocycles. The third-order valence-corrected chi connectivity index (χ3v) is 9.74.